The molecule has 21 heavy (non-hydrogen) atoms. The minimum Gasteiger partial charge on any atom is -0.381 e. The number of halogens is 1. The van der Waals surface area contributed by atoms with Gasteiger partial charge in [0.1, 0.15) is 5.02 Å². The molecule has 1 amide bonds. The molecule has 0 aliphatic carbocycles. The molecular weight excluding hydrogens is 294 g/mol. The maximum atomic E-state index is 11.0. The van der Waals surface area contributed by atoms with Gasteiger partial charge in [0.25, 0.3) is 5.69 Å². The summed E-state index contributed by atoms with van der Waals surface area (Å²) in [6.45, 7) is 0.493. The number of amides is 1. The van der Waals surface area contributed by atoms with E-state index in [4.69, 9.17) is 17.3 Å². The number of hydrogen-bond acceptors (Lipinski definition) is 4. The van der Waals surface area contributed by atoms with Crippen LogP contribution >= 0.6 is 11.6 Å². The van der Waals surface area contributed by atoms with Gasteiger partial charge in [0.15, 0.2) is 0 Å². The minimum atomic E-state index is -0.533. The smallest absolute Gasteiger partial charge is 0.288 e. The normalized spacial score (nSPS) is 10.1. The van der Waals surface area contributed by atoms with E-state index < -0.39 is 10.8 Å². The summed E-state index contributed by atoms with van der Waals surface area (Å²) >= 11 is 5.83. The molecule has 2 aromatic rings. The number of nitrogens with zero attached hydrogens (tertiary/aromatic N) is 1. The van der Waals surface area contributed by atoms with Crippen LogP contribution in [-0.4, -0.2) is 10.8 Å². The Labute approximate surface area is 125 Å². The van der Waals surface area contributed by atoms with Crippen molar-refractivity contribution < 1.29 is 9.72 Å². The monoisotopic (exact) mass is 305 g/mol. The van der Waals surface area contributed by atoms with E-state index in [2.05, 4.69) is 5.32 Å². The van der Waals surface area contributed by atoms with Crippen LogP contribution in [0.1, 0.15) is 15.9 Å². The fraction of sp³-hybridized carbons (Fsp3) is 0.0714. The highest BCUT2D eigenvalue weighted by molar-refractivity contribution is 6.32. The van der Waals surface area contributed by atoms with Gasteiger partial charge in [-0.1, -0.05) is 23.7 Å². The molecule has 0 radical (unpaired) electrons. The number of anilines is 1. The summed E-state index contributed by atoms with van der Waals surface area (Å²) in [5.41, 5.74) is 7.08. The van der Waals surface area contributed by atoms with Crippen molar-refractivity contribution >= 4 is 28.9 Å². The van der Waals surface area contributed by atoms with Gasteiger partial charge >= 0.3 is 0 Å². The predicted octanol–water partition coefficient (Wildman–Crippen LogP) is 2.96. The van der Waals surface area contributed by atoms with Gasteiger partial charge in [0.2, 0.25) is 5.91 Å². The number of nitrogens with two attached hydrogens (primary N) is 1. The van der Waals surface area contributed by atoms with E-state index in [0.29, 0.717) is 17.8 Å². The van der Waals surface area contributed by atoms with Gasteiger partial charge in [-0.15, -0.1) is 0 Å². The van der Waals surface area contributed by atoms with E-state index in [1.807, 2.05) is 0 Å². The van der Waals surface area contributed by atoms with Crippen LogP contribution in [-0.2, 0) is 6.54 Å². The van der Waals surface area contributed by atoms with Crippen LogP contribution in [0, 0.1) is 10.1 Å². The molecule has 0 spiro atoms. The molecule has 0 atom stereocenters. The van der Waals surface area contributed by atoms with Gasteiger partial charge < -0.3 is 11.1 Å². The van der Waals surface area contributed by atoms with Crippen molar-refractivity contribution in [2.24, 2.45) is 5.73 Å². The second-order valence-corrected chi connectivity index (χ2v) is 4.75. The Kier molecular flexibility index (Phi) is 4.39. The summed E-state index contributed by atoms with van der Waals surface area (Å²) in [5, 5.41) is 13.8. The van der Waals surface area contributed by atoms with Crippen molar-refractivity contribution in [2.75, 3.05) is 5.32 Å². The number of rotatable bonds is 5. The lowest BCUT2D eigenvalue weighted by Crippen LogP contribution is -2.10. The second-order valence-electron chi connectivity index (χ2n) is 4.34. The highest BCUT2D eigenvalue weighted by atomic mass is 35.5. The number of carbonyl (C=O) groups excluding carboxylic acids is 1. The zero-order valence-corrected chi connectivity index (χ0v) is 11.6. The Morgan fingerprint density at radius 3 is 2.43 bits per heavy atom. The van der Waals surface area contributed by atoms with E-state index in [9.17, 15) is 14.9 Å². The third kappa shape index (κ3) is 3.70. The lowest BCUT2D eigenvalue weighted by Gasteiger charge is -2.07. The molecule has 2 aromatic carbocycles. The van der Waals surface area contributed by atoms with E-state index in [1.165, 1.54) is 12.1 Å². The fourth-order valence-corrected chi connectivity index (χ4v) is 2.01. The zero-order valence-electron chi connectivity index (χ0n) is 10.9. The van der Waals surface area contributed by atoms with E-state index in [1.54, 1.807) is 30.3 Å². The van der Waals surface area contributed by atoms with Crippen molar-refractivity contribution in [3.8, 4) is 0 Å². The third-order valence-electron chi connectivity index (χ3n) is 2.88. The van der Waals surface area contributed by atoms with Crippen LogP contribution in [0.2, 0.25) is 5.02 Å². The van der Waals surface area contributed by atoms with Crippen molar-refractivity contribution in [3.05, 3.63) is 68.7 Å². The highest BCUT2D eigenvalue weighted by Crippen LogP contribution is 2.27. The summed E-state index contributed by atoms with van der Waals surface area (Å²) in [7, 11) is 0. The molecule has 2 rings (SSSR count). The molecule has 0 fully saturated rings. The topological polar surface area (TPSA) is 98.3 Å². The maximum Gasteiger partial charge on any atom is 0.288 e. The highest BCUT2D eigenvalue weighted by Gasteiger charge is 2.11. The molecule has 0 unspecified atom stereocenters. The largest absolute Gasteiger partial charge is 0.381 e. The average Bonchev–Trinajstić information content (AvgIpc) is 2.45. The van der Waals surface area contributed by atoms with Crippen LogP contribution in [0.5, 0.6) is 0 Å². The number of nitro benzene ring substituents is 1. The molecule has 3 N–H and O–H groups in total. The number of hydrogen-bond donors (Lipinski definition) is 2. The molecule has 0 heterocycles. The van der Waals surface area contributed by atoms with Gasteiger partial charge in [0, 0.05) is 23.9 Å². The SMILES string of the molecule is NC(=O)c1ccc(CNc2ccc([N+](=O)[O-])c(Cl)c2)cc1. The fourth-order valence-electron chi connectivity index (χ4n) is 1.76. The molecule has 0 bridgehead atoms. The minimum absolute atomic E-state index is 0.0778. The number of primary amides is 1. The van der Waals surface area contributed by atoms with Gasteiger partial charge in [-0.25, -0.2) is 0 Å². The first-order valence-corrected chi connectivity index (χ1v) is 6.42. The van der Waals surface area contributed by atoms with Crippen LogP contribution in [0.4, 0.5) is 11.4 Å². The summed E-state index contributed by atoms with van der Waals surface area (Å²) in [6.07, 6.45) is 0. The number of benzene rings is 2. The first-order valence-electron chi connectivity index (χ1n) is 6.04. The zero-order chi connectivity index (χ0) is 15.4. The van der Waals surface area contributed by atoms with Crippen LogP contribution < -0.4 is 11.1 Å². The summed E-state index contributed by atoms with van der Waals surface area (Å²) in [4.78, 5) is 21.1. The van der Waals surface area contributed by atoms with Gasteiger partial charge in [0.05, 0.1) is 4.92 Å². The molecule has 0 saturated carbocycles. The van der Waals surface area contributed by atoms with Crippen molar-refractivity contribution in [3.63, 3.8) is 0 Å². The Morgan fingerprint density at radius 2 is 1.90 bits per heavy atom. The Balaban J connectivity index is 2.04. The molecular formula is C14H12ClN3O3. The summed E-state index contributed by atoms with van der Waals surface area (Å²) in [5.74, 6) is -0.475. The lowest BCUT2D eigenvalue weighted by molar-refractivity contribution is -0.384. The summed E-state index contributed by atoms with van der Waals surface area (Å²) in [6, 6.07) is 11.3. The third-order valence-corrected chi connectivity index (χ3v) is 3.18. The second kappa shape index (κ2) is 6.23. The van der Waals surface area contributed by atoms with E-state index in [0.717, 1.165) is 5.56 Å². The summed E-state index contributed by atoms with van der Waals surface area (Å²) < 4.78 is 0. The molecule has 0 aromatic heterocycles. The first-order chi connectivity index (χ1) is 9.97. The maximum absolute atomic E-state index is 11.0. The van der Waals surface area contributed by atoms with E-state index in [-0.39, 0.29) is 10.7 Å². The first kappa shape index (κ1) is 14.8. The molecule has 0 aliphatic rings. The standard InChI is InChI=1S/C14H12ClN3O3/c15-12-7-11(5-6-13(12)18(20)21)17-8-9-1-3-10(4-2-9)14(16)19/h1-7,17H,8H2,(H2,16,19). The van der Waals surface area contributed by atoms with Gasteiger partial charge in [-0.2, -0.15) is 0 Å². The lowest BCUT2D eigenvalue weighted by atomic mass is 10.1. The Bertz CT molecular complexity index is 686. The molecule has 0 aliphatic heterocycles. The predicted molar refractivity (Wildman–Crippen MR) is 80.4 cm³/mol. The Hall–Kier alpha value is -2.60. The molecule has 0 saturated heterocycles. The van der Waals surface area contributed by atoms with Crippen molar-refractivity contribution in [2.45, 2.75) is 6.54 Å². The average molecular weight is 306 g/mol. The molecule has 108 valence electrons. The van der Waals surface area contributed by atoms with Gasteiger partial charge in [-0.05, 0) is 29.8 Å². The van der Waals surface area contributed by atoms with Crippen molar-refractivity contribution in [1.82, 2.24) is 0 Å². The number of nitrogens with one attached hydrogen (secondary N) is 1. The van der Waals surface area contributed by atoms with Crippen LogP contribution in [0.3, 0.4) is 0 Å². The molecule has 6 nitrogen and oxygen atoms in total. The van der Waals surface area contributed by atoms with Crippen LogP contribution in [0.25, 0.3) is 0 Å². The number of carbonyl (C=O) groups is 1. The number of nitro groups is 1. The Morgan fingerprint density at radius 1 is 1.24 bits per heavy atom. The quantitative estimate of drug-likeness (QED) is 0.655. The van der Waals surface area contributed by atoms with E-state index >= 15 is 0 Å². The molecule has 7 heteroatoms. The van der Waals surface area contributed by atoms with Gasteiger partial charge in [-0.3, -0.25) is 14.9 Å². The van der Waals surface area contributed by atoms with Crippen molar-refractivity contribution in [1.29, 1.82) is 0 Å². The van der Waals surface area contributed by atoms with Crippen LogP contribution in [0.15, 0.2) is 42.5 Å².